The maximum absolute atomic E-state index is 10.0. The summed E-state index contributed by atoms with van der Waals surface area (Å²) in [6.07, 6.45) is 1.53. The van der Waals surface area contributed by atoms with Gasteiger partial charge in [-0.05, 0) is 19.1 Å². The first kappa shape index (κ1) is 13.8. The summed E-state index contributed by atoms with van der Waals surface area (Å²) >= 11 is 0. The molecule has 0 atom stereocenters. The van der Waals surface area contributed by atoms with Gasteiger partial charge in [-0.3, -0.25) is 0 Å². The molecule has 0 saturated carbocycles. The maximum Gasteiger partial charge on any atom is 0.254 e. The van der Waals surface area contributed by atoms with Crippen molar-refractivity contribution in [1.82, 2.24) is 19.6 Å². The molecule has 1 N–H and O–H groups in total. The number of phenols is 1. The summed E-state index contributed by atoms with van der Waals surface area (Å²) in [5.41, 5.74) is 1.83. The van der Waals surface area contributed by atoms with Crippen LogP contribution in [0.2, 0.25) is 0 Å². The number of para-hydroxylation sites is 2. The number of hydrogen-bond acceptors (Lipinski definition) is 6. The Kier molecular flexibility index (Phi) is 3.25. The molecule has 23 heavy (non-hydrogen) atoms. The van der Waals surface area contributed by atoms with Gasteiger partial charge in [0.25, 0.3) is 5.78 Å². The zero-order valence-corrected chi connectivity index (χ0v) is 12.9. The van der Waals surface area contributed by atoms with Gasteiger partial charge in [0.2, 0.25) is 0 Å². The highest BCUT2D eigenvalue weighted by Crippen LogP contribution is 2.28. The molecular weight excluding hydrogens is 292 g/mol. The van der Waals surface area contributed by atoms with Gasteiger partial charge in [0.15, 0.2) is 0 Å². The summed E-state index contributed by atoms with van der Waals surface area (Å²) in [7, 11) is 0. The number of aryl methyl sites for hydroxylation is 1. The van der Waals surface area contributed by atoms with Gasteiger partial charge in [0.1, 0.15) is 17.9 Å². The Labute approximate surface area is 133 Å². The second-order valence-electron chi connectivity index (χ2n) is 5.69. The van der Waals surface area contributed by atoms with Gasteiger partial charge >= 0.3 is 0 Å². The van der Waals surface area contributed by atoms with Crippen molar-refractivity contribution >= 4 is 17.3 Å². The molecule has 3 heterocycles. The number of rotatable bonds is 2. The average Bonchev–Trinajstić information content (AvgIpc) is 3.03. The number of aromatic nitrogens is 4. The smallest absolute Gasteiger partial charge is 0.254 e. The molecule has 0 bridgehead atoms. The Morgan fingerprint density at radius 2 is 1.78 bits per heavy atom. The fourth-order valence-corrected chi connectivity index (χ4v) is 3.04. The van der Waals surface area contributed by atoms with Crippen molar-refractivity contribution in [3.8, 4) is 5.75 Å². The molecule has 2 aromatic heterocycles. The summed E-state index contributed by atoms with van der Waals surface area (Å²) < 4.78 is 1.78. The summed E-state index contributed by atoms with van der Waals surface area (Å²) in [5, 5.41) is 14.3. The van der Waals surface area contributed by atoms with E-state index in [4.69, 9.17) is 0 Å². The number of fused-ring (bicyclic) bond motifs is 1. The topological polar surface area (TPSA) is 69.8 Å². The lowest BCUT2D eigenvalue weighted by Crippen LogP contribution is -2.47. The van der Waals surface area contributed by atoms with E-state index in [2.05, 4.69) is 24.9 Å². The predicted octanol–water partition coefficient (Wildman–Crippen LogP) is 1.46. The zero-order chi connectivity index (χ0) is 15.8. The molecule has 1 fully saturated rings. The summed E-state index contributed by atoms with van der Waals surface area (Å²) in [5.74, 6) is 1.98. The molecule has 0 spiro atoms. The number of phenolic OH excluding ortho intramolecular Hbond substituents is 1. The van der Waals surface area contributed by atoms with Crippen molar-refractivity contribution in [2.24, 2.45) is 0 Å². The number of piperazine rings is 1. The molecule has 7 nitrogen and oxygen atoms in total. The number of nitrogens with zero attached hydrogens (tertiary/aromatic N) is 6. The highest BCUT2D eigenvalue weighted by Gasteiger charge is 2.21. The SMILES string of the molecule is Cc1cc(N2CCN(c3ccccc3O)CC2)n2ncnc2n1. The minimum absolute atomic E-state index is 0.333. The van der Waals surface area contributed by atoms with Crippen LogP contribution in [0, 0.1) is 6.92 Å². The van der Waals surface area contributed by atoms with E-state index in [0.717, 1.165) is 43.4 Å². The minimum Gasteiger partial charge on any atom is -0.506 e. The largest absolute Gasteiger partial charge is 0.506 e. The number of benzene rings is 1. The monoisotopic (exact) mass is 310 g/mol. The van der Waals surface area contributed by atoms with Crippen LogP contribution in [0.4, 0.5) is 11.5 Å². The molecule has 118 valence electrons. The van der Waals surface area contributed by atoms with E-state index in [9.17, 15) is 5.11 Å². The van der Waals surface area contributed by atoms with E-state index in [1.165, 1.54) is 6.33 Å². The number of anilines is 2. The molecule has 3 aromatic rings. The first-order chi connectivity index (χ1) is 11.2. The molecule has 0 unspecified atom stereocenters. The normalized spacial score (nSPS) is 15.3. The van der Waals surface area contributed by atoms with E-state index in [1.54, 1.807) is 10.6 Å². The van der Waals surface area contributed by atoms with Crippen LogP contribution in [-0.2, 0) is 0 Å². The van der Waals surface area contributed by atoms with Gasteiger partial charge in [-0.2, -0.15) is 14.6 Å². The molecule has 7 heteroatoms. The Morgan fingerprint density at radius 1 is 1.04 bits per heavy atom. The Bertz CT molecular complexity index is 837. The molecule has 4 rings (SSSR count). The van der Waals surface area contributed by atoms with E-state index < -0.39 is 0 Å². The van der Waals surface area contributed by atoms with Crippen LogP contribution in [0.5, 0.6) is 5.75 Å². The standard InChI is InChI=1S/C16H18N6O/c1-12-10-15(22-16(19-12)17-11-18-22)21-8-6-20(7-9-21)13-4-2-3-5-14(13)23/h2-5,10-11,23H,6-9H2,1H3. The lowest BCUT2D eigenvalue weighted by Gasteiger charge is -2.37. The lowest BCUT2D eigenvalue weighted by atomic mass is 10.2. The molecule has 0 aliphatic carbocycles. The second-order valence-corrected chi connectivity index (χ2v) is 5.69. The van der Waals surface area contributed by atoms with Crippen LogP contribution in [-0.4, -0.2) is 50.9 Å². The zero-order valence-electron chi connectivity index (χ0n) is 12.9. The minimum atomic E-state index is 0.333. The Balaban J connectivity index is 1.57. The molecule has 1 aliphatic rings. The highest BCUT2D eigenvalue weighted by atomic mass is 16.3. The van der Waals surface area contributed by atoms with Crippen LogP contribution in [0.3, 0.4) is 0 Å². The van der Waals surface area contributed by atoms with Crippen molar-refractivity contribution in [1.29, 1.82) is 0 Å². The lowest BCUT2D eigenvalue weighted by molar-refractivity contribution is 0.472. The quantitative estimate of drug-likeness (QED) is 0.773. The molecule has 0 radical (unpaired) electrons. The summed E-state index contributed by atoms with van der Waals surface area (Å²) in [6, 6.07) is 9.52. The second kappa shape index (κ2) is 5.42. The summed E-state index contributed by atoms with van der Waals surface area (Å²) in [4.78, 5) is 13.1. The van der Waals surface area contributed by atoms with Gasteiger partial charge in [-0.1, -0.05) is 12.1 Å². The highest BCUT2D eigenvalue weighted by molar-refractivity contribution is 5.59. The van der Waals surface area contributed by atoms with E-state index in [-0.39, 0.29) is 0 Å². The number of aromatic hydroxyl groups is 1. The average molecular weight is 310 g/mol. The third-order valence-electron chi connectivity index (χ3n) is 4.19. The van der Waals surface area contributed by atoms with E-state index >= 15 is 0 Å². The van der Waals surface area contributed by atoms with Crippen molar-refractivity contribution in [2.75, 3.05) is 36.0 Å². The van der Waals surface area contributed by atoms with Gasteiger partial charge in [-0.15, -0.1) is 0 Å². The van der Waals surface area contributed by atoms with Crippen molar-refractivity contribution < 1.29 is 5.11 Å². The summed E-state index contributed by atoms with van der Waals surface area (Å²) in [6.45, 7) is 5.36. The molecule has 0 amide bonds. The van der Waals surface area contributed by atoms with Gasteiger partial charge < -0.3 is 14.9 Å². The molecule has 1 saturated heterocycles. The van der Waals surface area contributed by atoms with E-state index in [0.29, 0.717) is 11.5 Å². The fraction of sp³-hybridized carbons (Fsp3) is 0.312. The van der Waals surface area contributed by atoms with Crippen LogP contribution in [0.1, 0.15) is 5.69 Å². The van der Waals surface area contributed by atoms with Crippen molar-refractivity contribution in [3.63, 3.8) is 0 Å². The maximum atomic E-state index is 10.0. The van der Waals surface area contributed by atoms with Crippen LogP contribution >= 0.6 is 0 Å². The van der Waals surface area contributed by atoms with Crippen LogP contribution in [0.15, 0.2) is 36.7 Å². The van der Waals surface area contributed by atoms with Crippen molar-refractivity contribution in [3.05, 3.63) is 42.4 Å². The van der Waals surface area contributed by atoms with Crippen LogP contribution in [0.25, 0.3) is 5.78 Å². The third-order valence-corrected chi connectivity index (χ3v) is 4.19. The fourth-order valence-electron chi connectivity index (χ4n) is 3.04. The Morgan fingerprint density at radius 3 is 2.57 bits per heavy atom. The Hall–Kier alpha value is -2.83. The molecular formula is C16H18N6O. The first-order valence-corrected chi connectivity index (χ1v) is 7.67. The molecule has 1 aromatic carbocycles. The van der Waals surface area contributed by atoms with Gasteiger partial charge in [0.05, 0.1) is 5.69 Å². The van der Waals surface area contributed by atoms with Crippen LogP contribution < -0.4 is 9.80 Å². The molecule has 1 aliphatic heterocycles. The van der Waals surface area contributed by atoms with Crippen molar-refractivity contribution in [2.45, 2.75) is 6.92 Å². The number of hydrogen-bond donors (Lipinski definition) is 1. The van der Waals surface area contributed by atoms with Gasteiger partial charge in [-0.25, -0.2) is 4.98 Å². The predicted molar refractivity (Wildman–Crippen MR) is 88.1 cm³/mol. The third kappa shape index (κ3) is 2.44. The van der Waals surface area contributed by atoms with E-state index in [1.807, 2.05) is 31.2 Å². The van der Waals surface area contributed by atoms with Gasteiger partial charge in [0, 0.05) is 37.9 Å². The first-order valence-electron chi connectivity index (χ1n) is 7.67.